The molecule has 1 N–H and O–H groups in total. The van der Waals surface area contributed by atoms with E-state index in [-0.39, 0.29) is 0 Å². The largest absolute Gasteiger partial charge is 0.443 e. The maximum Gasteiger partial charge on any atom is 0.182 e. The lowest BCUT2D eigenvalue weighted by molar-refractivity contribution is 0.282. The fourth-order valence-electron chi connectivity index (χ4n) is 5.12. The number of aromatic nitrogens is 1. The molecule has 0 aliphatic carbocycles. The molecule has 1 aliphatic heterocycles. The van der Waals surface area contributed by atoms with Crippen molar-refractivity contribution < 1.29 is 9.52 Å². The van der Waals surface area contributed by atoms with Crippen LogP contribution in [0.3, 0.4) is 0 Å². The number of hydrogen-bond donors (Lipinski definition) is 1. The van der Waals surface area contributed by atoms with Crippen LogP contribution >= 0.6 is 0 Å². The van der Waals surface area contributed by atoms with Crippen LogP contribution in [-0.2, 0) is 6.42 Å². The maximum atomic E-state index is 8.97. The number of para-hydroxylation sites is 1. The first kappa shape index (κ1) is 24.1. The van der Waals surface area contributed by atoms with Gasteiger partial charge in [0.25, 0.3) is 0 Å². The van der Waals surface area contributed by atoms with E-state index in [0.717, 1.165) is 60.1 Å². The molecule has 0 amide bonds. The van der Waals surface area contributed by atoms with Gasteiger partial charge < -0.3 is 14.4 Å². The molecule has 0 saturated heterocycles. The van der Waals surface area contributed by atoms with E-state index in [9.17, 15) is 0 Å². The van der Waals surface area contributed by atoms with E-state index >= 15 is 0 Å². The molecule has 0 radical (unpaired) electrons. The van der Waals surface area contributed by atoms with E-state index < -0.39 is 0 Å². The zero-order valence-electron chi connectivity index (χ0n) is 20.8. The number of allylic oxidation sites excluding steroid dienone is 2. The van der Waals surface area contributed by atoms with Crippen molar-refractivity contribution in [3.63, 3.8) is 0 Å². The predicted molar refractivity (Wildman–Crippen MR) is 150 cm³/mol. The van der Waals surface area contributed by atoms with Gasteiger partial charge in [-0.1, -0.05) is 79.6 Å². The average molecular weight is 479 g/mol. The zero-order valence-corrected chi connectivity index (χ0v) is 20.8. The Labute approximate surface area is 213 Å². The summed E-state index contributed by atoms with van der Waals surface area (Å²) in [5.74, 6) is 0. The van der Waals surface area contributed by atoms with Crippen LogP contribution < -0.4 is 4.90 Å². The highest BCUT2D eigenvalue weighted by Crippen LogP contribution is 2.31. The molecule has 5 rings (SSSR count). The Hall–Kier alpha value is -3.63. The van der Waals surface area contributed by atoms with Crippen molar-refractivity contribution in [3.8, 4) is 11.1 Å². The number of anilines is 1. The first-order chi connectivity index (χ1) is 17.8. The number of oxazole rings is 1. The Kier molecular flexibility index (Phi) is 7.94. The molecule has 4 nitrogen and oxygen atoms in total. The third-order valence-electron chi connectivity index (χ3n) is 6.94. The van der Waals surface area contributed by atoms with Crippen LogP contribution in [0.1, 0.15) is 48.8 Å². The van der Waals surface area contributed by atoms with Gasteiger partial charge in [-0.25, -0.2) is 4.98 Å². The molecule has 3 aromatic carbocycles. The minimum atomic E-state index is 0.309. The number of aryl methyl sites for hydroxylation is 1. The Morgan fingerprint density at radius 1 is 0.889 bits per heavy atom. The van der Waals surface area contributed by atoms with Crippen LogP contribution in [0.25, 0.3) is 34.4 Å². The summed E-state index contributed by atoms with van der Waals surface area (Å²) in [4.78, 5) is 6.96. The minimum absolute atomic E-state index is 0.309. The van der Waals surface area contributed by atoms with E-state index in [0.29, 0.717) is 6.61 Å². The molecule has 0 fully saturated rings. The first-order valence-corrected chi connectivity index (χ1v) is 13.1. The molecule has 0 bridgehead atoms. The van der Waals surface area contributed by atoms with E-state index in [1.807, 2.05) is 12.1 Å². The highest BCUT2D eigenvalue weighted by molar-refractivity contribution is 5.93. The van der Waals surface area contributed by atoms with Crippen molar-refractivity contribution in [2.45, 2.75) is 38.5 Å². The second-order valence-electron chi connectivity index (χ2n) is 9.43. The second kappa shape index (κ2) is 11.9. The normalized spacial score (nSPS) is 13.8. The monoisotopic (exact) mass is 478 g/mol. The number of nitrogens with zero attached hydrogens (tertiary/aromatic N) is 2. The van der Waals surface area contributed by atoms with Crippen molar-refractivity contribution in [3.05, 3.63) is 95.9 Å². The topological polar surface area (TPSA) is 49.5 Å². The third kappa shape index (κ3) is 5.60. The second-order valence-corrected chi connectivity index (χ2v) is 9.43. The van der Waals surface area contributed by atoms with Crippen molar-refractivity contribution in [1.29, 1.82) is 0 Å². The molecule has 0 atom stereocenters. The predicted octanol–water partition coefficient (Wildman–Crippen LogP) is 7.53. The van der Waals surface area contributed by atoms with Gasteiger partial charge in [-0.15, -0.1) is 0 Å². The molecule has 184 valence electrons. The zero-order chi connectivity index (χ0) is 24.6. The lowest BCUT2D eigenvalue weighted by Crippen LogP contribution is -2.30. The van der Waals surface area contributed by atoms with Gasteiger partial charge in [-0.2, -0.15) is 0 Å². The lowest BCUT2D eigenvalue weighted by Gasteiger charge is -2.31. The summed E-state index contributed by atoms with van der Waals surface area (Å²) in [6.07, 6.45) is 16.9. The van der Waals surface area contributed by atoms with Gasteiger partial charge in [-0.3, -0.25) is 0 Å². The molecule has 0 unspecified atom stereocenters. The van der Waals surface area contributed by atoms with Crippen LogP contribution in [-0.4, -0.2) is 29.8 Å². The number of fused-ring (bicyclic) bond motifs is 2. The van der Waals surface area contributed by atoms with Crippen LogP contribution in [0.5, 0.6) is 0 Å². The highest BCUT2D eigenvalue weighted by atomic mass is 16.3. The Bertz CT molecular complexity index is 1350. The fraction of sp³-hybridized carbons (Fsp3) is 0.281. The molecule has 4 aromatic rings. The molecule has 2 heterocycles. The summed E-state index contributed by atoms with van der Waals surface area (Å²) < 4.78 is 5.50. The third-order valence-corrected chi connectivity index (χ3v) is 6.94. The van der Waals surface area contributed by atoms with Gasteiger partial charge in [0.1, 0.15) is 5.52 Å². The maximum absolute atomic E-state index is 8.97. The summed E-state index contributed by atoms with van der Waals surface area (Å²) in [7, 11) is 0. The summed E-state index contributed by atoms with van der Waals surface area (Å²) >= 11 is 0. The van der Waals surface area contributed by atoms with Gasteiger partial charge in [0.15, 0.2) is 12.0 Å². The molecular formula is C32H34N2O2. The molecule has 1 aromatic heterocycles. The van der Waals surface area contributed by atoms with Crippen molar-refractivity contribution >= 4 is 28.9 Å². The number of aliphatic hydroxyl groups is 1. The van der Waals surface area contributed by atoms with E-state index in [1.165, 1.54) is 42.5 Å². The number of rotatable bonds is 10. The number of benzene rings is 3. The minimum Gasteiger partial charge on any atom is -0.443 e. The van der Waals surface area contributed by atoms with Crippen LogP contribution in [0.4, 0.5) is 5.69 Å². The Morgan fingerprint density at radius 2 is 1.75 bits per heavy atom. The smallest absolute Gasteiger partial charge is 0.182 e. The molecule has 36 heavy (non-hydrogen) atoms. The van der Waals surface area contributed by atoms with Crippen LogP contribution in [0, 0.1) is 0 Å². The summed E-state index contributed by atoms with van der Waals surface area (Å²) in [5, 5.41) is 8.97. The van der Waals surface area contributed by atoms with Gasteiger partial charge in [0, 0.05) is 30.9 Å². The number of aliphatic hydroxyl groups excluding tert-OH is 1. The Balaban J connectivity index is 1.27. The number of unbranched alkanes of at least 4 members (excludes halogenated alkanes) is 3. The first-order valence-electron chi connectivity index (χ1n) is 13.1. The Morgan fingerprint density at radius 3 is 2.69 bits per heavy atom. The fourth-order valence-corrected chi connectivity index (χ4v) is 5.12. The van der Waals surface area contributed by atoms with Crippen molar-refractivity contribution in [2.24, 2.45) is 0 Å². The summed E-state index contributed by atoms with van der Waals surface area (Å²) in [6, 6.07) is 21.3. The van der Waals surface area contributed by atoms with Crippen molar-refractivity contribution in [1.82, 2.24) is 4.98 Å². The van der Waals surface area contributed by atoms with E-state index in [2.05, 4.69) is 82.7 Å². The van der Waals surface area contributed by atoms with Crippen molar-refractivity contribution in [2.75, 3.05) is 24.6 Å². The van der Waals surface area contributed by atoms with E-state index in [1.54, 1.807) is 0 Å². The number of hydrogen-bond acceptors (Lipinski definition) is 4. The van der Waals surface area contributed by atoms with Gasteiger partial charge in [-0.05, 0) is 66.1 Å². The standard InChI is InChI=1S/C32H34N2O2/c35-22-8-2-1-7-20-34-21-10-14-27-23-25(18-19-30(27)34)11-3-4-12-26-13-5-6-15-28(26)29-16-9-17-31-32(29)33-24-36-31/h3-6,9,11-13,15-19,23-24,35H,1-2,7-8,10,14,20-22H2. The van der Waals surface area contributed by atoms with Crippen LogP contribution in [0.2, 0.25) is 0 Å². The molecule has 0 saturated carbocycles. The molecule has 0 spiro atoms. The molecule has 1 aliphatic rings. The highest BCUT2D eigenvalue weighted by Gasteiger charge is 2.16. The van der Waals surface area contributed by atoms with Gasteiger partial charge >= 0.3 is 0 Å². The SMILES string of the molecule is OCCCCCCN1CCCc2cc(C=CC=Cc3ccccc3-c3cccc4ocnc34)ccc21. The summed E-state index contributed by atoms with van der Waals surface area (Å²) in [5.41, 5.74) is 9.16. The van der Waals surface area contributed by atoms with Gasteiger partial charge in [0.05, 0.1) is 0 Å². The molecular weight excluding hydrogens is 444 g/mol. The van der Waals surface area contributed by atoms with Gasteiger partial charge in [0.2, 0.25) is 0 Å². The average Bonchev–Trinajstić information content (AvgIpc) is 3.40. The van der Waals surface area contributed by atoms with E-state index in [4.69, 9.17) is 9.52 Å². The lowest BCUT2D eigenvalue weighted by atomic mass is 9.98. The molecule has 4 heteroatoms. The van der Waals surface area contributed by atoms with Crippen LogP contribution in [0.15, 0.2) is 83.6 Å². The quantitative estimate of drug-likeness (QED) is 0.189. The summed E-state index contributed by atoms with van der Waals surface area (Å²) in [6.45, 7) is 2.56.